The number of nitrogens with zero attached hydrogens (tertiary/aromatic N) is 9. The number of fused-ring (bicyclic) bond motifs is 2. The minimum atomic E-state index is -1.07. The SMILES string of the molecule is CC#CC(=O)N1CCC[C@H]1c1nc(-c2ccc(C(=O)Nc3ccccn3)cc2)c2c(N)nccn12.CC#CC(=O)O.Nc1nccn2c([C@@H]3CCCN3)nc(-c3ccc(C(=O)Nc4ccccn4)cc3)c12.S.S.[I][V]([I])[I].[I][V][I]. The molecule has 2 atom stereocenters. The van der Waals surface area contributed by atoms with Gasteiger partial charge in [0.1, 0.15) is 57.3 Å². The number of pyridine rings is 2. The Morgan fingerprint density at radius 3 is 1.54 bits per heavy atom. The number of likely N-dealkylation sites (tertiary alicyclic amines) is 1. The number of hydrogen-bond acceptors (Lipinski definition) is 13. The Labute approximate surface area is 543 Å². The monoisotopic (exact) mass is 1750 g/mol. The molecule has 0 unspecified atom stereocenters. The van der Waals surface area contributed by atoms with Gasteiger partial charge in [0.15, 0.2) is 0 Å². The first-order valence-corrected chi connectivity index (χ1v) is 45.9. The number of nitrogen functional groups attached to an aromatic ring is 2. The molecule has 8 heterocycles. The first-order chi connectivity index (χ1) is 37.7. The van der Waals surface area contributed by atoms with Gasteiger partial charge in [-0.05, 0) is 101 Å². The number of carbonyl (C=O) groups is 4. The summed E-state index contributed by atoms with van der Waals surface area (Å²) in [6.07, 6.45) is 14.1. The number of carbonyl (C=O) groups excluding carboxylic acids is 3. The molecule has 19 nitrogen and oxygen atoms in total. The van der Waals surface area contributed by atoms with Gasteiger partial charge in [-0.15, -0.1) is 0 Å². The predicted molar refractivity (Wildman–Crippen MR) is 359 cm³/mol. The van der Waals surface area contributed by atoms with Crippen molar-refractivity contribution in [2.75, 3.05) is 35.2 Å². The molecule has 80 heavy (non-hydrogen) atoms. The Morgan fingerprint density at radius 1 is 0.675 bits per heavy atom. The Morgan fingerprint density at radius 2 is 1.14 bits per heavy atom. The fraction of sp³-hybridized carbons (Fsp3) is 0.192. The molecule has 417 valence electrons. The number of nitrogens with one attached hydrogen (secondary N) is 3. The van der Waals surface area contributed by atoms with Crippen LogP contribution in [0.25, 0.3) is 33.5 Å². The normalized spacial score (nSPS) is 13.6. The summed E-state index contributed by atoms with van der Waals surface area (Å²) in [5, 5.41) is 16.8. The van der Waals surface area contributed by atoms with Crippen molar-refractivity contribution in [2.45, 2.75) is 51.6 Å². The number of aromatic nitrogens is 8. The third-order valence-corrected chi connectivity index (χ3v) is 11.5. The molecule has 8 aromatic rings. The maximum absolute atomic E-state index is 12.6. The van der Waals surface area contributed by atoms with E-state index in [0.29, 0.717) is 67.4 Å². The van der Waals surface area contributed by atoms with E-state index in [0.717, 1.165) is 60.4 Å². The molecule has 3 amide bonds. The number of anilines is 4. The van der Waals surface area contributed by atoms with E-state index in [9.17, 15) is 19.2 Å². The second-order valence-electron chi connectivity index (χ2n) is 16.3. The van der Waals surface area contributed by atoms with Gasteiger partial charge in [-0.1, -0.05) is 48.2 Å². The molecule has 28 heteroatoms. The zero-order chi connectivity index (χ0) is 56.1. The molecule has 8 N–H and O–H groups in total. The van der Waals surface area contributed by atoms with Crippen LogP contribution >= 0.6 is 127 Å². The van der Waals surface area contributed by atoms with Crippen molar-refractivity contribution in [3.8, 4) is 46.2 Å². The summed E-state index contributed by atoms with van der Waals surface area (Å²) in [4.78, 5) is 75.2. The molecule has 2 fully saturated rings. The van der Waals surface area contributed by atoms with Gasteiger partial charge in [0.2, 0.25) is 0 Å². The van der Waals surface area contributed by atoms with Gasteiger partial charge in [0.05, 0.1) is 12.1 Å². The number of hydrogen-bond donors (Lipinski definition) is 6. The van der Waals surface area contributed by atoms with Crippen LogP contribution in [0, 0.1) is 23.7 Å². The van der Waals surface area contributed by atoms with Gasteiger partial charge < -0.3 is 37.4 Å². The van der Waals surface area contributed by atoms with Crippen molar-refractivity contribution in [3.63, 3.8) is 0 Å². The maximum atomic E-state index is 12.6. The van der Waals surface area contributed by atoms with Crippen molar-refractivity contribution < 1.29 is 38.7 Å². The molecule has 2 aliphatic heterocycles. The molecule has 2 saturated heterocycles. The molecule has 0 bridgehead atoms. The summed E-state index contributed by atoms with van der Waals surface area (Å²) < 4.78 is 3.91. The van der Waals surface area contributed by atoms with Gasteiger partial charge >= 0.3 is 120 Å². The molecular formula is C52H52I5N14O5S2V2. The third-order valence-electron chi connectivity index (χ3n) is 11.5. The average molecular weight is 1750 g/mol. The number of benzene rings is 2. The van der Waals surface area contributed by atoms with Crippen LogP contribution in [0.2, 0.25) is 0 Å². The number of nitrogens with two attached hydrogens (primary N) is 2. The Hall–Kier alpha value is -3.94. The number of carboxylic acid groups (broad SMARTS) is 1. The van der Waals surface area contributed by atoms with Crippen LogP contribution in [0.3, 0.4) is 0 Å². The molecule has 6 aromatic heterocycles. The van der Waals surface area contributed by atoms with Crippen molar-refractivity contribution in [2.24, 2.45) is 0 Å². The summed E-state index contributed by atoms with van der Waals surface area (Å²) in [7, 11) is 0.628. The molecule has 2 aromatic carbocycles. The van der Waals surface area contributed by atoms with Crippen molar-refractivity contribution in [1.82, 2.24) is 48.9 Å². The first-order valence-electron chi connectivity index (χ1n) is 23.4. The van der Waals surface area contributed by atoms with E-state index in [2.05, 4.69) is 154 Å². The van der Waals surface area contributed by atoms with Gasteiger partial charge in [-0.2, -0.15) is 27.0 Å². The summed E-state index contributed by atoms with van der Waals surface area (Å²) in [6.45, 7) is 4.74. The van der Waals surface area contributed by atoms with E-state index in [1.807, 2.05) is 51.3 Å². The van der Waals surface area contributed by atoms with Gasteiger partial charge in [-0.25, -0.2) is 34.7 Å². The molecule has 0 spiro atoms. The fourth-order valence-corrected chi connectivity index (χ4v) is 8.34. The zero-order valence-electron chi connectivity index (χ0n) is 42.5. The first kappa shape index (κ1) is 68.6. The van der Waals surface area contributed by atoms with Gasteiger partial charge in [0, 0.05) is 71.9 Å². The van der Waals surface area contributed by atoms with E-state index in [-0.39, 0.29) is 61.7 Å². The minimum absolute atomic E-state index is 0. The van der Waals surface area contributed by atoms with Crippen molar-refractivity contribution in [3.05, 3.63) is 145 Å². The topological polar surface area (TPSA) is 266 Å². The molecule has 0 radical (unpaired) electrons. The average Bonchev–Trinajstić information content (AvgIpc) is 4.30. The van der Waals surface area contributed by atoms with Crippen molar-refractivity contribution in [1.29, 1.82) is 0 Å². The Bertz CT molecular complexity index is 3470. The van der Waals surface area contributed by atoms with E-state index >= 15 is 0 Å². The van der Waals surface area contributed by atoms with Crippen LogP contribution in [-0.2, 0) is 24.0 Å². The quantitative estimate of drug-likeness (QED) is 0.0610. The number of amides is 3. The number of aliphatic carboxylic acids is 1. The number of halogens is 5. The van der Waals surface area contributed by atoms with E-state index < -0.39 is 5.97 Å². The van der Waals surface area contributed by atoms with Crippen LogP contribution in [0.15, 0.2) is 122 Å². The van der Waals surface area contributed by atoms with Gasteiger partial charge in [0.25, 0.3) is 17.7 Å². The summed E-state index contributed by atoms with van der Waals surface area (Å²) >= 11 is 12.1. The third kappa shape index (κ3) is 19.3. The Balaban J connectivity index is 0.000000279. The molecule has 2 aliphatic rings. The van der Waals surface area contributed by atoms with Crippen LogP contribution in [-0.4, -0.2) is 85.5 Å². The van der Waals surface area contributed by atoms with E-state index in [1.54, 1.807) is 97.4 Å². The molecule has 0 aliphatic carbocycles. The second-order valence-corrected chi connectivity index (χ2v) is 63.5. The summed E-state index contributed by atoms with van der Waals surface area (Å²) in [6, 6.07) is 25.1. The van der Waals surface area contributed by atoms with Crippen molar-refractivity contribution >= 4 is 185 Å². The number of carboxylic acids is 1. The zero-order valence-corrected chi connectivity index (χ0v) is 58.1. The van der Waals surface area contributed by atoms with Crippen LogP contribution in [0.4, 0.5) is 23.3 Å². The molecular weight excluding hydrogens is 1700 g/mol. The Kier molecular flexibility index (Phi) is 30.2. The van der Waals surface area contributed by atoms with Crippen LogP contribution < -0.4 is 27.4 Å². The summed E-state index contributed by atoms with van der Waals surface area (Å²) in [5.41, 5.74) is 18.0. The predicted octanol–water partition coefficient (Wildman–Crippen LogP) is 11.1. The number of imidazole rings is 2. The second kappa shape index (κ2) is 35.3. The molecule has 0 saturated carbocycles. The summed E-state index contributed by atoms with van der Waals surface area (Å²) in [5.74, 6) is 11.1. The van der Waals surface area contributed by atoms with Crippen LogP contribution in [0.5, 0.6) is 0 Å². The van der Waals surface area contributed by atoms with Gasteiger partial charge in [-0.3, -0.25) is 23.2 Å². The van der Waals surface area contributed by atoms with E-state index in [4.69, 9.17) is 26.5 Å². The number of rotatable bonds is 8. The fourth-order valence-electron chi connectivity index (χ4n) is 8.34. The van der Waals surface area contributed by atoms with E-state index in [1.165, 1.54) is 6.92 Å². The van der Waals surface area contributed by atoms with Crippen LogP contribution in [0.1, 0.15) is 84.0 Å². The molecule has 10 rings (SSSR count). The standard InChI is InChI=1S/C26H23N7O2.C22H21N7O.C4H4O2.5HI.2H2S.2V/c1-2-6-21(34)32-15-5-7-19(32)25-31-22(23-24(27)29-14-16-33(23)25)17-9-11-18(12-10-17)26(35)30-20-8-3-4-13-28-20;23-20-19-18(28-21(16-4-3-11-24-16)29(19)13-12-26-20)14-6-8-15(9-7-14)22(30)27-17-5-1-2-10-25-17;1-2-3-4(5)6;;;;;;;;;/h3-4,8-14,16,19H,5,7,15H2,1H3,(H2,27,29)(H,28,30,35);1-2,5-10,12-13,16,24H,3-4,11H2,(H2,23,26)(H,25,27,30);1H3,(H,5,6);5*1H;2*1H2;;/q;;;;;;;;;;+2;+3/p-5/t19-;16-;;;;;;;;;;/m00........../s1.